The number of amides is 3. The molecule has 0 bridgehead atoms. The summed E-state index contributed by atoms with van der Waals surface area (Å²) < 4.78 is 1.13. The van der Waals surface area contributed by atoms with Crippen molar-refractivity contribution in [1.29, 1.82) is 0 Å². The van der Waals surface area contributed by atoms with Gasteiger partial charge in [-0.25, -0.2) is 14.3 Å². The van der Waals surface area contributed by atoms with E-state index in [0.29, 0.717) is 30.1 Å². The Morgan fingerprint density at radius 2 is 1.66 bits per heavy atom. The molecule has 4 aromatic rings. The van der Waals surface area contributed by atoms with Crippen LogP contribution < -0.4 is 15.1 Å². The van der Waals surface area contributed by atoms with Crippen LogP contribution in [0.3, 0.4) is 0 Å². The van der Waals surface area contributed by atoms with E-state index in [1.54, 1.807) is 17.2 Å². The second-order valence-corrected chi connectivity index (χ2v) is 13.0. The van der Waals surface area contributed by atoms with Gasteiger partial charge in [0.05, 0.1) is 0 Å². The fourth-order valence-corrected chi connectivity index (χ4v) is 7.41. The number of anilines is 2. The monoisotopic (exact) mass is 633 g/mol. The summed E-state index contributed by atoms with van der Waals surface area (Å²) >= 11 is 0. The topological polar surface area (TPSA) is 131 Å². The Labute approximate surface area is 271 Å². The molecule has 12 nitrogen and oxygen atoms in total. The van der Waals surface area contributed by atoms with E-state index in [2.05, 4.69) is 55.3 Å². The van der Waals surface area contributed by atoms with E-state index in [1.807, 2.05) is 18.2 Å². The average Bonchev–Trinajstić information content (AvgIpc) is 3.63. The van der Waals surface area contributed by atoms with E-state index in [0.717, 1.165) is 78.1 Å². The van der Waals surface area contributed by atoms with Crippen LogP contribution >= 0.6 is 0 Å². The van der Waals surface area contributed by atoms with Gasteiger partial charge in [-0.1, -0.05) is 12.1 Å². The Bertz CT molecular complexity index is 1910. The summed E-state index contributed by atoms with van der Waals surface area (Å²) in [5.74, 6) is -0.178. The maximum Gasteiger partial charge on any atom is 0.417 e. The van der Waals surface area contributed by atoms with Crippen molar-refractivity contribution in [3.63, 3.8) is 0 Å². The van der Waals surface area contributed by atoms with Crippen LogP contribution in [0.2, 0.25) is 0 Å². The summed E-state index contributed by atoms with van der Waals surface area (Å²) in [6.07, 6.45) is 2.82. The summed E-state index contributed by atoms with van der Waals surface area (Å²) in [6, 6.07) is 17.6. The Hall–Kier alpha value is -5.23. The fraction of sp³-hybridized carbons (Fsp3) is 0.343. The van der Waals surface area contributed by atoms with Gasteiger partial charge in [0.25, 0.3) is 5.91 Å². The number of hydrogen-bond donors (Lipinski definition) is 2. The third-order valence-corrected chi connectivity index (χ3v) is 10.0. The van der Waals surface area contributed by atoms with E-state index in [-0.39, 0.29) is 24.1 Å². The lowest BCUT2D eigenvalue weighted by molar-refractivity contribution is -0.136. The van der Waals surface area contributed by atoms with E-state index >= 15 is 0 Å². The van der Waals surface area contributed by atoms with Crippen LogP contribution in [0.15, 0.2) is 67.0 Å². The van der Waals surface area contributed by atoms with Crippen LogP contribution in [0.1, 0.15) is 28.8 Å². The van der Waals surface area contributed by atoms with Gasteiger partial charge in [0.1, 0.15) is 11.7 Å². The number of piperidine rings is 1. The number of carbonyl (C=O) groups excluding carboxylic acids is 3. The van der Waals surface area contributed by atoms with E-state index in [9.17, 15) is 24.3 Å². The number of aromatic nitrogens is 2. The highest BCUT2D eigenvalue weighted by molar-refractivity contribution is 6.05. The standard InChI is InChI=1S/C35H35N7O5/c43-31-8-7-30(33(44)37-31)42-21-26-16-28(5-6-29(26)34(42)45)39-13-11-38(12-14-39)18-22-19-40(20-22)27-3-1-23(2-4-27)25-15-24-9-10-41(35(46)47)32(24)36-17-25/h1-6,9-10,15-17,22,30H,7-8,11-14,18-21H2,(H,46,47)(H,37,43,44). The van der Waals surface area contributed by atoms with Crippen LogP contribution in [-0.2, 0) is 16.1 Å². The molecule has 0 saturated carbocycles. The van der Waals surface area contributed by atoms with Gasteiger partial charge in [-0.3, -0.25) is 24.6 Å². The largest absolute Gasteiger partial charge is 0.464 e. The fourth-order valence-electron chi connectivity index (χ4n) is 7.41. The van der Waals surface area contributed by atoms with Crippen molar-refractivity contribution in [2.45, 2.75) is 25.4 Å². The number of nitrogens with one attached hydrogen (secondary N) is 1. The first-order valence-corrected chi connectivity index (χ1v) is 16.1. The molecule has 0 radical (unpaired) electrons. The highest BCUT2D eigenvalue weighted by Gasteiger charge is 2.39. The number of carbonyl (C=O) groups is 4. The molecule has 12 heteroatoms. The first-order chi connectivity index (χ1) is 22.8. The molecule has 1 unspecified atom stereocenters. The number of nitrogens with zero attached hydrogens (tertiary/aromatic N) is 6. The molecule has 4 aliphatic heterocycles. The second kappa shape index (κ2) is 11.5. The average molecular weight is 634 g/mol. The zero-order chi connectivity index (χ0) is 32.2. The number of piperazine rings is 1. The molecule has 240 valence electrons. The third kappa shape index (κ3) is 5.38. The number of hydrogen-bond acceptors (Lipinski definition) is 8. The molecular weight excluding hydrogens is 598 g/mol. The normalized spacial score (nSPS) is 20.5. The molecule has 0 spiro atoms. The number of carboxylic acid groups (broad SMARTS) is 1. The number of rotatable bonds is 6. The molecule has 3 saturated heterocycles. The first-order valence-electron chi connectivity index (χ1n) is 16.1. The van der Waals surface area contributed by atoms with E-state index < -0.39 is 12.1 Å². The Morgan fingerprint density at radius 3 is 2.40 bits per heavy atom. The van der Waals surface area contributed by atoms with Gasteiger partial charge in [0.2, 0.25) is 11.8 Å². The zero-order valence-electron chi connectivity index (χ0n) is 25.8. The van der Waals surface area contributed by atoms with Gasteiger partial charge in [-0.15, -0.1) is 0 Å². The van der Waals surface area contributed by atoms with Crippen molar-refractivity contribution in [1.82, 2.24) is 24.7 Å². The van der Waals surface area contributed by atoms with Crippen molar-refractivity contribution in [2.24, 2.45) is 5.92 Å². The van der Waals surface area contributed by atoms with Gasteiger partial charge in [0, 0.05) is 105 Å². The molecule has 1 atom stereocenters. The van der Waals surface area contributed by atoms with Crippen molar-refractivity contribution in [3.05, 3.63) is 78.1 Å². The smallest absolute Gasteiger partial charge is 0.417 e. The maximum atomic E-state index is 13.1. The lowest BCUT2D eigenvalue weighted by Gasteiger charge is -2.45. The molecule has 8 rings (SSSR count). The molecule has 4 aliphatic rings. The van der Waals surface area contributed by atoms with E-state index in [1.165, 1.54) is 11.9 Å². The summed E-state index contributed by atoms with van der Waals surface area (Å²) in [5, 5.41) is 12.5. The Kier molecular flexibility index (Phi) is 7.16. The number of benzene rings is 2. The van der Waals surface area contributed by atoms with Gasteiger partial charge in [0.15, 0.2) is 0 Å². The van der Waals surface area contributed by atoms with Crippen molar-refractivity contribution in [3.8, 4) is 11.1 Å². The molecule has 3 amide bonds. The lowest BCUT2D eigenvalue weighted by Crippen LogP contribution is -2.55. The molecule has 3 fully saturated rings. The predicted molar refractivity (Wildman–Crippen MR) is 175 cm³/mol. The third-order valence-electron chi connectivity index (χ3n) is 10.0. The van der Waals surface area contributed by atoms with Crippen LogP contribution in [0.25, 0.3) is 22.2 Å². The molecule has 2 aromatic heterocycles. The SMILES string of the molecule is O=C1CCC(N2Cc3cc(N4CCN(CC5CN(c6ccc(-c7cnc8c(ccn8C(=O)O)c7)cc6)C5)CC4)ccc3C2=O)C(=O)N1. The lowest BCUT2D eigenvalue weighted by atomic mass is 9.97. The minimum Gasteiger partial charge on any atom is -0.464 e. The molecule has 2 aromatic carbocycles. The second-order valence-electron chi connectivity index (χ2n) is 13.0. The van der Waals surface area contributed by atoms with Crippen LogP contribution in [-0.4, -0.2) is 100 Å². The van der Waals surface area contributed by atoms with Crippen LogP contribution in [0.4, 0.5) is 16.2 Å². The zero-order valence-corrected chi connectivity index (χ0v) is 25.8. The van der Waals surface area contributed by atoms with Crippen LogP contribution in [0.5, 0.6) is 0 Å². The van der Waals surface area contributed by atoms with Gasteiger partial charge in [-0.05, 0) is 60.0 Å². The first kappa shape index (κ1) is 29.2. The van der Waals surface area contributed by atoms with Crippen molar-refractivity contribution in [2.75, 3.05) is 55.6 Å². The van der Waals surface area contributed by atoms with E-state index in [4.69, 9.17) is 0 Å². The summed E-state index contributed by atoms with van der Waals surface area (Å²) in [5.41, 5.74) is 6.33. The predicted octanol–water partition coefficient (Wildman–Crippen LogP) is 3.25. The minimum absolute atomic E-state index is 0.138. The molecule has 47 heavy (non-hydrogen) atoms. The highest BCUT2D eigenvalue weighted by atomic mass is 16.4. The van der Waals surface area contributed by atoms with Gasteiger partial charge < -0.3 is 19.8 Å². The Morgan fingerprint density at radius 1 is 0.894 bits per heavy atom. The minimum atomic E-state index is -1.04. The summed E-state index contributed by atoms with van der Waals surface area (Å²) in [7, 11) is 0. The molecular formula is C35H35N7O5. The molecule has 0 aliphatic carbocycles. The maximum absolute atomic E-state index is 13.1. The Balaban J connectivity index is 0.818. The molecule has 6 heterocycles. The van der Waals surface area contributed by atoms with Crippen LogP contribution in [0, 0.1) is 5.92 Å². The summed E-state index contributed by atoms with van der Waals surface area (Å²) in [4.78, 5) is 61.7. The highest BCUT2D eigenvalue weighted by Crippen LogP contribution is 2.32. The van der Waals surface area contributed by atoms with Crippen molar-refractivity contribution >= 4 is 46.2 Å². The van der Waals surface area contributed by atoms with Gasteiger partial charge in [-0.2, -0.15) is 0 Å². The summed E-state index contributed by atoms with van der Waals surface area (Å²) in [6.45, 7) is 7.33. The quantitative estimate of drug-likeness (QED) is 0.307. The van der Waals surface area contributed by atoms with Crippen molar-refractivity contribution < 1.29 is 24.3 Å². The number of fused-ring (bicyclic) bond motifs is 2. The van der Waals surface area contributed by atoms with Gasteiger partial charge >= 0.3 is 6.09 Å². The number of imide groups is 1. The number of pyridine rings is 1. The molecule has 2 N–H and O–H groups in total.